The largest absolute Gasteiger partial charge is 0.335 e. The fourth-order valence-electron chi connectivity index (χ4n) is 2.70. The number of sulfonamides is 1. The van der Waals surface area contributed by atoms with Crippen molar-refractivity contribution in [2.24, 2.45) is 5.10 Å². The summed E-state index contributed by atoms with van der Waals surface area (Å²) in [5.74, 6) is -1.03. The van der Waals surface area contributed by atoms with E-state index in [4.69, 9.17) is 0 Å². The van der Waals surface area contributed by atoms with Crippen molar-refractivity contribution in [1.29, 1.82) is 0 Å². The van der Waals surface area contributed by atoms with Crippen LogP contribution in [0.1, 0.15) is 12.8 Å². The second-order valence-electron chi connectivity index (χ2n) is 5.74. The van der Waals surface area contributed by atoms with Gasteiger partial charge >= 0.3 is 0 Å². The molecule has 2 aliphatic heterocycles. The van der Waals surface area contributed by atoms with Gasteiger partial charge in [-0.05, 0) is 24.3 Å². The summed E-state index contributed by atoms with van der Waals surface area (Å²) in [5.41, 5.74) is 2.55. The van der Waals surface area contributed by atoms with E-state index in [1.54, 1.807) is 0 Å². The molecule has 1 aromatic rings. The lowest BCUT2D eigenvalue weighted by Gasteiger charge is -2.34. The first-order valence-electron chi connectivity index (χ1n) is 7.78. The van der Waals surface area contributed by atoms with Crippen LogP contribution in [-0.4, -0.2) is 61.3 Å². The van der Waals surface area contributed by atoms with Gasteiger partial charge in [0.2, 0.25) is 15.9 Å². The number of benzene rings is 1. The van der Waals surface area contributed by atoms with Crippen LogP contribution in [0.15, 0.2) is 34.3 Å². The molecule has 1 N–H and O–H groups in total. The topological polar surface area (TPSA) is 99.2 Å². The van der Waals surface area contributed by atoms with Crippen LogP contribution >= 0.6 is 0 Å². The number of hydrazone groups is 1. The summed E-state index contributed by atoms with van der Waals surface area (Å²) in [6, 6.07) is 4.65. The average Bonchev–Trinajstić information content (AvgIpc) is 2.62. The van der Waals surface area contributed by atoms with E-state index in [0.717, 1.165) is 12.1 Å². The first kappa shape index (κ1) is 17.5. The molecule has 1 aromatic carbocycles. The molecule has 0 bridgehead atoms. The number of hydrogen-bond acceptors (Lipinski definition) is 5. The van der Waals surface area contributed by atoms with Crippen molar-refractivity contribution in [2.75, 3.05) is 26.2 Å². The summed E-state index contributed by atoms with van der Waals surface area (Å²) in [4.78, 5) is 25.0. The molecule has 1 fully saturated rings. The molecule has 8 nitrogen and oxygen atoms in total. The minimum atomic E-state index is -3.72. The maximum atomic E-state index is 13.0. The van der Waals surface area contributed by atoms with Crippen molar-refractivity contribution in [3.05, 3.63) is 30.1 Å². The van der Waals surface area contributed by atoms with Crippen molar-refractivity contribution in [3.8, 4) is 0 Å². The monoisotopic (exact) mass is 368 g/mol. The van der Waals surface area contributed by atoms with Gasteiger partial charge in [0.1, 0.15) is 11.5 Å². The molecule has 3 rings (SSSR count). The number of carbonyl (C=O) groups is 2. The van der Waals surface area contributed by atoms with Gasteiger partial charge in [-0.1, -0.05) is 0 Å². The molecule has 2 aliphatic rings. The molecule has 2 heterocycles. The van der Waals surface area contributed by atoms with E-state index in [0.29, 0.717) is 0 Å². The van der Waals surface area contributed by atoms with Gasteiger partial charge in [0.05, 0.1) is 4.90 Å². The molecular formula is C15H17FN4O4S. The Balaban J connectivity index is 1.64. The molecule has 0 atom stereocenters. The number of hydrogen-bond donors (Lipinski definition) is 1. The number of carbonyl (C=O) groups excluding carboxylic acids is 2. The van der Waals surface area contributed by atoms with E-state index in [9.17, 15) is 22.4 Å². The average molecular weight is 368 g/mol. The molecule has 2 amide bonds. The summed E-state index contributed by atoms with van der Waals surface area (Å²) >= 11 is 0. The van der Waals surface area contributed by atoms with E-state index < -0.39 is 15.8 Å². The minimum absolute atomic E-state index is 0.0213. The first-order chi connectivity index (χ1) is 11.9. The third-order valence-electron chi connectivity index (χ3n) is 4.13. The molecule has 0 aliphatic carbocycles. The van der Waals surface area contributed by atoms with Crippen LogP contribution in [0.5, 0.6) is 0 Å². The molecule has 0 aromatic heterocycles. The summed E-state index contributed by atoms with van der Waals surface area (Å²) in [5, 5.41) is 3.77. The second kappa shape index (κ2) is 6.89. The van der Waals surface area contributed by atoms with Crippen LogP contribution < -0.4 is 5.43 Å². The van der Waals surface area contributed by atoms with Crippen molar-refractivity contribution in [3.63, 3.8) is 0 Å². The van der Waals surface area contributed by atoms with E-state index in [2.05, 4.69) is 10.5 Å². The smallest absolute Gasteiger partial charge is 0.270 e. The Kier molecular flexibility index (Phi) is 4.82. The maximum absolute atomic E-state index is 13.0. The molecule has 1 saturated heterocycles. The van der Waals surface area contributed by atoms with Gasteiger partial charge in [-0.3, -0.25) is 9.59 Å². The lowest BCUT2D eigenvalue weighted by atomic mass is 10.1. The summed E-state index contributed by atoms with van der Waals surface area (Å²) < 4.78 is 39.3. The van der Waals surface area contributed by atoms with E-state index >= 15 is 0 Å². The highest BCUT2D eigenvalue weighted by molar-refractivity contribution is 7.89. The molecule has 0 unspecified atom stereocenters. The number of amides is 2. The van der Waals surface area contributed by atoms with E-state index in [1.807, 2.05) is 0 Å². The quantitative estimate of drug-likeness (QED) is 0.807. The van der Waals surface area contributed by atoms with Crippen LogP contribution in [0.4, 0.5) is 4.39 Å². The Hall–Kier alpha value is -2.33. The third kappa shape index (κ3) is 3.69. The zero-order valence-corrected chi connectivity index (χ0v) is 14.1. The lowest BCUT2D eigenvalue weighted by molar-refractivity contribution is -0.125. The zero-order chi connectivity index (χ0) is 18.0. The second-order valence-corrected chi connectivity index (χ2v) is 7.68. The maximum Gasteiger partial charge on any atom is 0.270 e. The standard InChI is InChI=1S/C15H17FN4O4S/c16-11-1-3-12(4-2-11)25(23,24)20-9-7-19(8-10-20)15(22)13-5-6-14(21)18-17-13/h1-4H,5-10H2,(H,18,21). The van der Waals surface area contributed by atoms with Gasteiger partial charge in [0, 0.05) is 39.0 Å². The Morgan fingerprint density at radius 1 is 1.08 bits per heavy atom. The molecular weight excluding hydrogens is 351 g/mol. The van der Waals surface area contributed by atoms with Gasteiger partial charge in [0.15, 0.2) is 0 Å². The number of halogens is 1. The molecule has 134 valence electrons. The highest BCUT2D eigenvalue weighted by atomic mass is 32.2. The Morgan fingerprint density at radius 3 is 2.28 bits per heavy atom. The van der Waals surface area contributed by atoms with Gasteiger partial charge in [-0.2, -0.15) is 9.41 Å². The molecule has 0 radical (unpaired) electrons. The molecule has 10 heteroatoms. The highest BCUT2D eigenvalue weighted by Gasteiger charge is 2.32. The molecule has 25 heavy (non-hydrogen) atoms. The Bertz CT molecular complexity index is 814. The van der Waals surface area contributed by atoms with Crippen LogP contribution in [0, 0.1) is 5.82 Å². The Labute approximate surface area is 144 Å². The van der Waals surface area contributed by atoms with Gasteiger partial charge in [0.25, 0.3) is 5.91 Å². The van der Waals surface area contributed by atoms with Crippen molar-refractivity contribution >= 4 is 27.5 Å². The van der Waals surface area contributed by atoms with Gasteiger partial charge in [-0.25, -0.2) is 18.2 Å². The van der Waals surface area contributed by atoms with Gasteiger partial charge in [-0.15, -0.1) is 0 Å². The number of piperazine rings is 1. The van der Waals surface area contributed by atoms with Crippen molar-refractivity contribution < 1.29 is 22.4 Å². The lowest BCUT2D eigenvalue weighted by Crippen LogP contribution is -2.52. The van der Waals surface area contributed by atoms with Crippen LogP contribution in [-0.2, 0) is 19.6 Å². The van der Waals surface area contributed by atoms with Crippen LogP contribution in [0.2, 0.25) is 0 Å². The minimum Gasteiger partial charge on any atom is -0.335 e. The SMILES string of the molecule is O=C1CCC(C(=O)N2CCN(S(=O)(=O)c3ccc(F)cc3)CC2)=NN1. The highest BCUT2D eigenvalue weighted by Crippen LogP contribution is 2.18. The summed E-state index contributed by atoms with van der Waals surface area (Å²) in [6.07, 6.45) is 0.488. The fraction of sp³-hybridized carbons (Fsp3) is 0.400. The Morgan fingerprint density at radius 2 is 1.72 bits per heavy atom. The molecule has 0 saturated carbocycles. The van der Waals surface area contributed by atoms with Gasteiger partial charge < -0.3 is 4.90 Å². The number of rotatable bonds is 3. The van der Waals surface area contributed by atoms with Crippen LogP contribution in [0.3, 0.4) is 0 Å². The summed E-state index contributed by atoms with van der Waals surface area (Å²) in [6.45, 7) is 0.745. The zero-order valence-electron chi connectivity index (χ0n) is 13.3. The van der Waals surface area contributed by atoms with Crippen LogP contribution in [0.25, 0.3) is 0 Å². The van der Waals surface area contributed by atoms with E-state index in [-0.39, 0.29) is 61.4 Å². The first-order valence-corrected chi connectivity index (χ1v) is 9.22. The van der Waals surface area contributed by atoms with Crippen molar-refractivity contribution in [2.45, 2.75) is 17.7 Å². The predicted molar refractivity (Wildman–Crippen MR) is 86.6 cm³/mol. The number of nitrogens with one attached hydrogen (secondary N) is 1. The normalized spacial score (nSPS) is 19.3. The predicted octanol–water partition coefficient (Wildman–Crippen LogP) is -0.0754. The number of nitrogens with zero attached hydrogens (tertiary/aromatic N) is 3. The third-order valence-corrected chi connectivity index (χ3v) is 6.04. The molecule has 0 spiro atoms. The fourth-order valence-corrected chi connectivity index (χ4v) is 4.12. The van der Waals surface area contributed by atoms with Crippen molar-refractivity contribution in [1.82, 2.24) is 14.6 Å². The summed E-state index contributed by atoms with van der Waals surface area (Å²) in [7, 11) is -3.72. The van der Waals surface area contributed by atoms with E-state index in [1.165, 1.54) is 21.3 Å².